The van der Waals surface area contributed by atoms with E-state index in [0.29, 0.717) is 30.1 Å². The van der Waals surface area contributed by atoms with Crippen LogP contribution in [0.15, 0.2) is 0 Å². The van der Waals surface area contributed by atoms with Gasteiger partial charge in [-0.2, -0.15) is 0 Å². The summed E-state index contributed by atoms with van der Waals surface area (Å²) in [6, 6.07) is 0. The Labute approximate surface area is 146 Å². The third kappa shape index (κ3) is 2.41. The first-order valence-electron chi connectivity index (χ1n) is 10.1. The van der Waals surface area contributed by atoms with E-state index in [9.17, 15) is 9.90 Å². The number of Topliss-reactive ketones (excluding diaryl/α,β-unsaturated/α-hetero) is 1. The van der Waals surface area contributed by atoms with Gasteiger partial charge in [-0.1, -0.05) is 6.92 Å². The highest BCUT2D eigenvalue weighted by atomic mass is 16.5. The first-order chi connectivity index (χ1) is 11.4. The van der Waals surface area contributed by atoms with E-state index in [-0.39, 0.29) is 5.41 Å². The van der Waals surface area contributed by atoms with Crippen LogP contribution in [0.3, 0.4) is 0 Å². The minimum Gasteiger partial charge on any atom is -0.387 e. The highest BCUT2D eigenvalue weighted by Crippen LogP contribution is 2.65. The summed E-state index contributed by atoms with van der Waals surface area (Å²) < 4.78 is 5.31. The average Bonchev–Trinajstić information content (AvgIpc) is 3.03. The molecular formula is C21H34O3. The molecule has 4 fully saturated rings. The number of carbonyl (C=O) groups excluding carboxylic acids is 1. The van der Waals surface area contributed by atoms with Crippen LogP contribution in [-0.2, 0) is 9.53 Å². The molecule has 0 aliphatic heterocycles. The first kappa shape index (κ1) is 17.0. The number of hydrogen-bond donors (Lipinski definition) is 1. The second-order valence-corrected chi connectivity index (χ2v) is 9.79. The van der Waals surface area contributed by atoms with Gasteiger partial charge < -0.3 is 9.84 Å². The zero-order chi connectivity index (χ0) is 17.1. The van der Waals surface area contributed by atoms with E-state index in [0.717, 1.165) is 37.0 Å². The Balaban J connectivity index is 1.55. The van der Waals surface area contributed by atoms with E-state index >= 15 is 0 Å². The number of methoxy groups -OCH3 is 1. The summed E-state index contributed by atoms with van der Waals surface area (Å²) in [7, 11) is 1.70. The lowest BCUT2D eigenvalue weighted by atomic mass is 9.51. The van der Waals surface area contributed by atoms with Gasteiger partial charge in [0.15, 0.2) is 0 Å². The van der Waals surface area contributed by atoms with Crippen molar-refractivity contribution in [2.75, 3.05) is 13.7 Å². The minimum atomic E-state index is -0.586. The molecular weight excluding hydrogens is 300 g/mol. The largest absolute Gasteiger partial charge is 0.387 e. The molecule has 4 aliphatic rings. The molecule has 0 heterocycles. The third-order valence-corrected chi connectivity index (χ3v) is 8.68. The van der Waals surface area contributed by atoms with Gasteiger partial charge in [0, 0.05) is 13.0 Å². The molecule has 0 aromatic heterocycles. The van der Waals surface area contributed by atoms with E-state index in [4.69, 9.17) is 4.74 Å². The number of ketones is 1. The van der Waals surface area contributed by atoms with Gasteiger partial charge in [0.2, 0.25) is 0 Å². The highest BCUT2D eigenvalue weighted by molar-refractivity contribution is 5.79. The molecule has 3 heteroatoms. The summed E-state index contributed by atoms with van der Waals surface area (Å²) in [5.74, 6) is 4.41. The van der Waals surface area contributed by atoms with Crippen molar-refractivity contribution in [1.29, 1.82) is 0 Å². The van der Waals surface area contributed by atoms with Crippen LogP contribution in [0, 0.1) is 40.9 Å². The van der Waals surface area contributed by atoms with Crippen molar-refractivity contribution in [2.45, 2.75) is 70.8 Å². The molecule has 0 aromatic rings. The fourth-order valence-corrected chi connectivity index (χ4v) is 7.87. The molecule has 3 nitrogen and oxygen atoms in total. The molecule has 0 unspecified atom stereocenters. The second kappa shape index (κ2) is 5.81. The van der Waals surface area contributed by atoms with Crippen LogP contribution < -0.4 is 0 Å². The van der Waals surface area contributed by atoms with Gasteiger partial charge in [-0.15, -0.1) is 0 Å². The van der Waals surface area contributed by atoms with Crippen molar-refractivity contribution in [3.05, 3.63) is 0 Å². The monoisotopic (exact) mass is 334 g/mol. The molecule has 0 amide bonds. The zero-order valence-corrected chi connectivity index (χ0v) is 15.6. The lowest BCUT2D eigenvalue weighted by Gasteiger charge is -2.53. The van der Waals surface area contributed by atoms with E-state index in [2.05, 4.69) is 6.92 Å². The van der Waals surface area contributed by atoms with E-state index in [1.165, 1.54) is 32.1 Å². The summed E-state index contributed by atoms with van der Waals surface area (Å²) in [6.07, 6.45) is 9.32. The Hall–Kier alpha value is -0.410. The number of ether oxygens (including phenoxy) is 1. The van der Waals surface area contributed by atoms with E-state index < -0.39 is 5.60 Å². The standard InChI is InChI=1S/C21H34O3/c1-13(22)18-6-7-19-16-5-4-14-10-21(23,12-24-3)11-17(14)15(16)8-9-20(18,19)2/h14-19,23H,4-12H2,1-3H3/t14-,15+,16-,17+,18-,19+,20-,21+/m1/s1. The summed E-state index contributed by atoms with van der Waals surface area (Å²) in [4.78, 5) is 12.2. The smallest absolute Gasteiger partial charge is 0.133 e. The molecule has 24 heavy (non-hydrogen) atoms. The van der Waals surface area contributed by atoms with Gasteiger partial charge in [-0.05, 0) is 93.3 Å². The number of carbonyl (C=O) groups is 1. The van der Waals surface area contributed by atoms with Crippen LogP contribution in [0.25, 0.3) is 0 Å². The molecule has 0 radical (unpaired) electrons. The molecule has 1 N–H and O–H groups in total. The van der Waals surface area contributed by atoms with Crippen LogP contribution >= 0.6 is 0 Å². The maximum atomic E-state index is 12.2. The molecule has 136 valence electrons. The Morgan fingerprint density at radius 3 is 2.58 bits per heavy atom. The third-order valence-electron chi connectivity index (χ3n) is 8.68. The summed E-state index contributed by atoms with van der Waals surface area (Å²) in [6.45, 7) is 4.71. The number of fused-ring (bicyclic) bond motifs is 5. The first-order valence-corrected chi connectivity index (χ1v) is 10.1. The second-order valence-electron chi connectivity index (χ2n) is 9.79. The molecule has 0 aromatic carbocycles. The van der Waals surface area contributed by atoms with Crippen molar-refractivity contribution in [1.82, 2.24) is 0 Å². The molecule has 0 bridgehead atoms. The van der Waals surface area contributed by atoms with Crippen molar-refractivity contribution in [3.8, 4) is 0 Å². The lowest BCUT2D eigenvalue weighted by Crippen LogP contribution is -2.47. The molecule has 4 aliphatic carbocycles. The molecule has 0 saturated heterocycles. The van der Waals surface area contributed by atoms with Crippen LogP contribution in [0.2, 0.25) is 0 Å². The van der Waals surface area contributed by atoms with Crippen LogP contribution in [0.1, 0.15) is 65.2 Å². The van der Waals surface area contributed by atoms with Crippen LogP contribution in [-0.4, -0.2) is 30.2 Å². The molecule has 4 saturated carbocycles. The summed E-state index contributed by atoms with van der Waals surface area (Å²) in [5.41, 5.74) is -0.335. The Morgan fingerprint density at radius 1 is 1.08 bits per heavy atom. The Bertz CT molecular complexity index is 517. The van der Waals surface area contributed by atoms with Gasteiger partial charge in [0.05, 0.1) is 12.2 Å². The molecule has 0 spiro atoms. The SMILES string of the molecule is COC[C@]1(O)C[C@H]2CC[C@@H]3[C@H](CC[C@]4(C)[C@@H](C(C)=O)CC[C@@H]34)[C@H]2C1. The predicted molar refractivity (Wildman–Crippen MR) is 93.5 cm³/mol. The van der Waals surface area contributed by atoms with Crippen LogP contribution in [0.4, 0.5) is 0 Å². The fourth-order valence-electron chi connectivity index (χ4n) is 7.87. The fraction of sp³-hybridized carbons (Fsp3) is 0.952. The van der Waals surface area contributed by atoms with Gasteiger partial charge in [-0.3, -0.25) is 4.79 Å². The topological polar surface area (TPSA) is 46.5 Å². The van der Waals surface area contributed by atoms with E-state index in [1.807, 2.05) is 6.92 Å². The Morgan fingerprint density at radius 2 is 1.88 bits per heavy atom. The van der Waals surface area contributed by atoms with E-state index in [1.54, 1.807) is 7.11 Å². The number of hydrogen-bond acceptors (Lipinski definition) is 3. The van der Waals surface area contributed by atoms with Gasteiger partial charge in [0.1, 0.15) is 5.78 Å². The van der Waals surface area contributed by atoms with Gasteiger partial charge >= 0.3 is 0 Å². The highest BCUT2D eigenvalue weighted by Gasteiger charge is 2.59. The summed E-state index contributed by atoms with van der Waals surface area (Å²) in [5, 5.41) is 10.9. The van der Waals surface area contributed by atoms with Crippen molar-refractivity contribution >= 4 is 5.78 Å². The number of rotatable bonds is 3. The lowest BCUT2D eigenvalue weighted by molar-refractivity contribution is -0.127. The van der Waals surface area contributed by atoms with Crippen molar-refractivity contribution in [3.63, 3.8) is 0 Å². The maximum Gasteiger partial charge on any atom is 0.133 e. The van der Waals surface area contributed by atoms with Gasteiger partial charge in [-0.25, -0.2) is 0 Å². The molecule has 4 rings (SSSR count). The minimum absolute atomic E-state index is 0.251. The van der Waals surface area contributed by atoms with Gasteiger partial charge in [0.25, 0.3) is 0 Å². The van der Waals surface area contributed by atoms with Crippen molar-refractivity contribution in [2.24, 2.45) is 40.9 Å². The normalized spacial score (nSPS) is 53.3. The summed E-state index contributed by atoms with van der Waals surface area (Å²) >= 11 is 0. The predicted octanol–water partition coefficient (Wildman–Crippen LogP) is 3.83. The average molecular weight is 335 g/mol. The Kier molecular flexibility index (Phi) is 4.12. The maximum absolute atomic E-state index is 12.2. The zero-order valence-electron chi connectivity index (χ0n) is 15.6. The number of aliphatic hydroxyl groups is 1. The molecule has 8 atom stereocenters. The van der Waals surface area contributed by atoms with Crippen molar-refractivity contribution < 1.29 is 14.6 Å². The van der Waals surface area contributed by atoms with Crippen LogP contribution in [0.5, 0.6) is 0 Å². The quantitative estimate of drug-likeness (QED) is 0.853.